The minimum absolute atomic E-state index is 0.0586. The molecular formula is C19H22FNO5S2. The molecule has 1 heterocycles. The van der Waals surface area contributed by atoms with Crippen molar-refractivity contribution in [2.45, 2.75) is 43.9 Å². The number of nitrogens with zero attached hydrogens (tertiary/aromatic N) is 1. The number of thioether (sulfide) groups is 2. The molecule has 9 heteroatoms. The minimum Gasteiger partial charge on any atom is -0.480 e. The molecule has 1 N–H and O–H groups in total. The molecule has 2 rings (SSSR count). The average molecular weight is 428 g/mol. The molecule has 1 amide bonds. The predicted molar refractivity (Wildman–Crippen MR) is 107 cm³/mol. The third-order valence-corrected chi connectivity index (χ3v) is 7.11. The Kier molecular flexibility index (Phi) is 6.93. The van der Waals surface area contributed by atoms with Crippen LogP contribution < -0.4 is 0 Å². The summed E-state index contributed by atoms with van der Waals surface area (Å²) in [4.78, 5) is 50.0. The summed E-state index contributed by atoms with van der Waals surface area (Å²) in [5.74, 6) is -3.51. The topological polar surface area (TPSA) is 91.8 Å². The predicted octanol–water partition coefficient (Wildman–Crippen LogP) is 3.06. The maximum Gasteiger partial charge on any atom is 0.327 e. The molecule has 2 unspecified atom stereocenters. The Bertz CT molecular complexity index is 813. The molecule has 0 aromatic heterocycles. The number of carboxylic acids is 1. The van der Waals surface area contributed by atoms with Gasteiger partial charge in [0.25, 0.3) is 0 Å². The highest BCUT2D eigenvalue weighted by atomic mass is 32.2. The second-order valence-electron chi connectivity index (χ2n) is 7.01. The van der Waals surface area contributed by atoms with E-state index in [1.54, 1.807) is 13.8 Å². The summed E-state index contributed by atoms with van der Waals surface area (Å²) < 4.78 is 13.5. The van der Waals surface area contributed by atoms with E-state index in [9.17, 15) is 28.7 Å². The normalized spacial score (nSPS) is 20.5. The van der Waals surface area contributed by atoms with Crippen molar-refractivity contribution < 1.29 is 28.7 Å². The lowest BCUT2D eigenvalue weighted by Crippen LogP contribution is -2.53. The van der Waals surface area contributed by atoms with Gasteiger partial charge in [-0.1, -0.05) is 30.8 Å². The standard InChI is InChI=1S/C19H22FNO5S2/c1-10(17(24)21-14(18(25)26)9-27-19(21,3)4)16(28-11(2)22)15(23)12-6-5-7-13(20)8-12/h5-8,10,14,16H,9H2,1-4H3,(H,25,26)/t10?,14-,16?/m0/s1. The van der Waals surface area contributed by atoms with Gasteiger partial charge in [-0.3, -0.25) is 14.4 Å². The molecule has 0 radical (unpaired) electrons. The number of amides is 1. The number of carbonyl (C=O) groups excluding carboxylic acids is 3. The van der Waals surface area contributed by atoms with Gasteiger partial charge in [-0.15, -0.1) is 11.8 Å². The van der Waals surface area contributed by atoms with E-state index in [0.717, 1.165) is 6.07 Å². The lowest BCUT2D eigenvalue weighted by molar-refractivity contribution is -0.152. The Balaban J connectivity index is 2.37. The molecule has 3 atom stereocenters. The Labute approximate surface area is 171 Å². The van der Waals surface area contributed by atoms with Crippen molar-refractivity contribution >= 4 is 46.3 Å². The van der Waals surface area contributed by atoms with E-state index in [2.05, 4.69) is 0 Å². The van der Waals surface area contributed by atoms with Crippen LogP contribution >= 0.6 is 23.5 Å². The highest BCUT2D eigenvalue weighted by molar-refractivity contribution is 8.14. The van der Waals surface area contributed by atoms with Gasteiger partial charge in [0.15, 0.2) is 10.9 Å². The fourth-order valence-corrected chi connectivity index (χ4v) is 5.25. The van der Waals surface area contributed by atoms with E-state index < -0.39 is 45.6 Å². The van der Waals surface area contributed by atoms with Gasteiger partial charge in [0.05, 0.1) is 16.0 Å². The van der Waals surface area contributed by atoms with Crippen LogP contribution in [0.2, 0.25) is 0 Å². The highest BCUT2D eigenvalue weighted by Gasteiger charge is 2.49. The maximum absolute atomic E-state index is 13.5. The van der Waals surface area contributed by atoms with Crippen molar-refractivity contribution in [1.82, 2.24) is 4.90 Å². The Hall–Kier alpha value is -1.87. The van der Waals surface area contributed by atoms with Crippen LogP contribution in [0.25, 0.3) is 0 Å². The summed E-state index contributed by atoms with van der Waals surface area (Å²) in [5.41, 5.74) is 0.0586. The Morgan fingerprint density at radius 1 is 1.32 bits per heavy atom. The molecule has 1 aromatic rings. The molecule has 1 fully saturated rings. The molecule has 28 heavy (non-hydrogen) atoms. The second kappa shape index (κ2) is 8.65. The first-order valence-corrected chi connectivity index (χ1v) is 10.5. The number of ketones is 1. The van der Waals surface area contributed by atoms with Crippen LogP contribution in [0.4, 0.5) is 4.39 Å². The number of aliphatic carboxylic acids is 1. The van der Waals surface area contributed by atoms with Crippen LogP contribution in [0.5, 0.6) is 0 Å². The third kappa shape index (κ3) is 4.75. The molecule has 1 aromatic carbocycles. The number of halogens is 1. The van der Waals surface area contributed by atoms with Crippen molar-refractivity contribution in [1.29, 1.82) is 0 Å². The van der Waals surface area contributed by atoms with Gasteiger partial charge in [0.2, 0.25) is 5.91 Å². The zero-order valence-corrected chi connectivity index (χ0v) is 17.6. The quantitative estimate of drug-likeness (QED) is 0.698. The van der Waals surface area contributed by atoms with Crippen LogP contribution in [-0.2, 0) is 14.4 Å². The molecule has 0 aliphatic carbocycles. The second-order valence-corrected chi connectivity index (χ2v) is 9.95. The molecule has 1 aliphatic rings. The molecular weight excluding hydrogens is 405 g/mol. The zero-order chi connectivity index (χ0) is 21.2. The van der Waals surface area contributed by atoms with Gasteiger partial charge in [0.1, 0.15) is 11.9 Å². The fraction of sp³-hybridized carbons (Fsp3) is 0.474. The van der Waals surface area contributed by atoms with Crippen LogP contribution in [0.3, 0.4) is 0 Å². The highest BCUT2D eigenvalue weighted by Crippen LogP contribution is 2.41. The van der Waals surface area contributed by atoms with E-state index in [1.165, 1.54) is 48.7 Å². The van der Waals surface area contributed by atoms with Gasteiger partial charge in [-0.25, -0.2) is 9.18 Å². The molecule has 1 aliphatic heterocycles. The Morgan fingerprint density at radius 2 is 1.96 bits per heavy atom. The smallest absolute Gasteiger partial charge is 0.327 e. The van der Waals surface area contributed by atoms with Crippen LogP contribution in [0, 0.1) is 11.7 Å². The monoisotopic (exact) mass is 427 g/mol. The van der Waals surface area contributed by atoms with E-state index in [1.807, 2.05) is 0 Å². The molecule has 6 nitrogen and oxygen atoms in total. The summed E-state index contributed by atoms with van der Waals surface area (Å²) in [6, 6.07) is 4.04. The SMILES string of the molecule is CC(=O)SC(C(=O)c1cccc(F)c1)C(C)C(=O)N1[C@H](C(=O)O)CSC1(C)C. The van der Waals surface area contributed by atoms with Gasteiger partial charge < -0.3 is 10.0 Å². The van der Waals surface area contributed by atoms with Crippen molar-refractivity contribution in [3.63, 3.8) is 0 Å². The minimum atomic E-state index is -1.12. The molecule has 152 valence electrons. The van der Waals surface area contributed by atoms with Crippen molar-refractivity contribution in [3.05, 3.63) is 35.6 Å². The van der Waals surface area contributed by atoms with E-state index >= 15 is 0 Å². The molecule has 0 bridgehead atoms. The summed E-state index contributed by atoms with van der Waals surface area (Å²) in [7, 11) is 0. The Morgan fingerprint density at radius 3 is 2.50 bits per heavy atom. The first-order valence-electron chi connectivity index (χ1n) is 8.62. The van der Waals surface area contributed by atoms with Gasteiger partial charge in [0, 0.05) is 18.2 Å². The summed E-state index contributed by atoms with van der Waals surface area (Å²) in [5, 5.41) is 8.03. The first kappa shape index (κ1) is 22.4. The van der Waals surface area contributed by atoms with Crippen LogP contribution in [0.15, 0.2) is 24.3 Å². The number of carboxylic acid groups (broad SMARTS) is 1. The fourth-order valence-electron chi connectivity index (χ4n) is 3.12. The molecule has 0 saturated carbocycles. The van der Waals surface area contributed by atoms with Crippen molar-refractivity contribution in [2.24, 2.45) is 5.92 Å². The van der Waals surface area contributed by atoms with Gasteiger partial charge >= 0.3 is 5.97 Å². The number of benzene rings is 1. The number of hydrogen-bond acceptors (Lipinski definition) is 6. The lowest BCUT2D eigenvalue weighted by Gasteiger charge is -2.36. The number of rotatable bonds is 6. The number of carbonyl (C=O) groups is 4. The maximum atomic E-state index is 13.5. The van der Waals surface area contributed by atoms with Crippen LogP contribution in [-0.4, -0.2) is 54.7 Å². The zero-order valence-electron chi connectivity index (χ0n) is 16.0. The van der Waals surface area contributed by atoms with E-state index in [0.29, 0.717) is 11.8 Å². The van der Waals surface area contributed by atoms with E-state index in [4.69, 9.17) is 0 Å². The molecule has 1 saturated heterocycles. The number of hydrogen-bond donors (Lipinski definition) is 1. The van der Waals surface area contributed by atoms with Gasteiger partial charge in [-0.2, -0.15) is 0 Å². The van der Waals surface area contributed by atoms with Gasteiger partial charge in [-0.05, 0) is 26.0 Å². The van der Waals surface area contributed by atoms with E-state index in [-0.39, 0.29) is 16.4 Å². The van der Waals surface area contributed by atoms with Crippen molar-refractivity contribution in [3.8, 4) is 0 Å². The summed E-state index contributed by atoms with van der Waals surface area (Å²) in [6.45, 7) is 6.26. The lowest BCUT2D eigenvalue weighted by atomic mass is 9.96. The third-order valence-electron chi connectivity index (χ3n) is 4.51. The number of Topliss-reactive ketones (excluding diaryl/α,β-unsaturated/α-hetero) is 1. The summed E-state index contributed by atoms with van der Waals surface area (Å²) in [6.07, 6.45) is 0. The summed E-state index contributed by atoms with van der Waals surface area (Å²) >= 11 is 2.04. The first-order chi connectivity index (χ1) is 13.0. The average Bonchev–Trinajstić information content (AvgIpc) is 2.93. The largest absolute Gasteiger partial charge is 0.480 e. The van der Waals surface area contributed by atoms with Crippen molar-refractivity contribution in [2.75, 3.05) is 5.75 Å². The van der Waals surface area contributed by atoms with Crippen LogP contribution in [0.1, 0.15) is 38.1 Å². The molecule has 0 spiro atoms.